The van der Waals surface area contributed by atoms with Crippen molar-refractivity contribution in [3.8, 4) is 0 Å². The maximum absolute atomic E-state index is 12.1. The number of hydrogen-bond acceptors (Lipinski definition) is 6. The van der Waals surface area contributed by atoms with Gasteiger partial charge in [-0.15, -0.1) is 22.7 Å². The van der Waals surface area contributed by atoms with Gasteiger partial charge in [-0.3, -0.25) is 9.59 Å². The highest BCUT2D eigenvalue weighted by molar-refractivity contribution is 7.13. The molecular formula is C20H18N4O2S2. The van der Waals surface area contributed by atoms with Gasteiger partial charge < -0.3 is 0 Å². The van der Waals surface area contributed by atoms with Crippen LogP contribution in [0.1, 0.15) is 40.2 Å². The van der Waals surface area contributed by atoms with E-state index in [0.717, 1.165) is 9.75 Å². The molecule has 0 radical (unpaired) electrons. The summed E-state index contributed by atoms with van der Waals surface area (Å²) in [5, 5.41) is 7.90. The molecule has 0 saturated heterocycles. The van der Waals surface area contributed by atoms with E-state index in [-0.39, 0.29) is 11.8 Å². The Balaban J connectivity index is 1.53. The van der Waals surface area contributed by atoms with Gasteiger partial charge in [0, 0.05) is 30.6 Å². The molecule has 1 aromatic carbocycles. The van der Waals surface area contributed by atoms with Crippen LogP contribution in [-0.2, 0) is 0 Å². The first kappa shape index (κ1) is 19.7. The third-order valence-electron chi connectivity index (χ3n) is 3.65. The summed E-state index contributed by atoms with van der Waals surface area (Å²) in [4.78, 5) is 28.5. The first-order valence-corrected chi connectivity index (χ1v) is 10.0. The van der Waals surface area contributed by atoms with Crippen LogP contribution in [0.3, 0.4) is 0 Å². The van der Waals surface area contributed by atoms with Gasteiger partial charge in [0.25, 0.3) is 11.8 Å². The number of carbonyl (C=O) groups excluding carboxylic acids is 2. The maximum Gasteiger partial charge on any atom is 0.271 e. The van der Waals surface area contributed by atoms with E-state index in [1.54, 1.807) is 59.4 Å². The van der Waals surface area contributed by atoms with E-state index in [9.17, 15) is 9.59 Å². The number of aryl methyl sites for hydroxylation is 2. The van der Waals surface area contributed by atoms with Crippen molar-refractivity contribution in [2.45, 2.75) is 13.8 Å². The lowest BCUT2D eigenvalue weighted by Gasteiger charge is -2.02. The highest BCUT2D eigenvalue weighted by atomic mass is 32.1. The number of nitrogens with one attached hydrogen (secondary N) is 2. The molecule has 142 valence electrons. The van der Waals surface area contributed by atoms with E-state index in [0.29, 0.717) is 11.1 Å². The summed E-state index contributed by atoms with van der Waals surface area (Å²) in [6, 6.07) is 14.1. The molecule has 2 amide bonds. The van der Waals surface area contributed by atoms with E-state index in [2.05, 4.69) is 21.1 Å². The van der Waals surface area contributed by atoms with Crippen LogP contribution in [0.5, 0.6) is 0 Å². The third kappa shape index (κ3) is 5.45. The minimum absolute atomic E-state index is 0.345. The largest absolute Gasteiger partial charge is 0.271 e. The van der Waals surface area contributed by atoms with Crippen LogP contribution in [0.4, 0.5) is 0 Å². The Labute approximate surface area is 170 Å². The number of amides is 2. The SMILES string of the molecule is Cc1ccc(C=NNC(=O)c2ccc(C(=O)NN=Cc3ccc(C)s3)cc2)s1. The van der Waals surface area contributed by atoms with Crippen molar-refractivity contribution in [2.75, 3.05) is 0 Å². The first-order chi connectivity index (χ1) is 13.5. The minimum atomic E-state index is -0.345. The predicted octanol–water partition coefficient (Wildman–Crippen LogP) is 3.95. The van der Waals surface area contributed by atoms with Gasteiger partial charge in [-0.05, 0) is 62.4 Å². The van der Waals surface area contributed by atoms with Crippen molar-refractivity contribution in [3.63, 3.8) is 0 Å². The Morgan fingerprint density at radius 3 is 1.43 bits per heavy atom. The molecule has 3 aromatic rings. The lowest BCUT2D eigenvalue weighted by atomic mass is 10.1. The van der Waals surface area contributed by atoms with Gasteiger partial charge in [-0.1, -0.05) is 0 Å². The standard InChI is InChI=1S/C20H18N4O2S2/c1-13-3-9-17(27-13)11-21-23-19(25)15-5-7-16(8-6-15)20(26)24-22-12-18-10-4-14(2)28-18/h3-12H,1-2H3,(H,23,25)(H,24,26). The normalized spacial score (nSPS) is 11.2. The molecule has 0 saturated carbocycles. The second kappa shape index (κ2) is 9.20. The van der Waals surface area contributed by atoms with E-state index in [1.165, 1.54) is 9.75 Å². The van der Waals surface area contributed by atoms with Gasteiger partial charge >= 0.3 is 0 Å². The smallest absolute Gasteiger partial charge is 0.267 e. The molecule has 0 atom stereocenters. The number of nitrogens with zero attached hydrogens (tertiary/aromatic N) is 2. The van der Waals surface area contributed by atoms with Crippen LogP contribution >= 0.6 is 22.7 Å². The summed E-state index contributed by atoms with van der Waals surface area (Å²) in [5.41, 5.74) is 5.77. The zero-order chi connectivity index (χ0) is 19.9. The Hall–Kier alpha value is -3.10. The molecule has 8 heteroatoms. The topological polar surface area (TPSA) is 82.9 Å². The number of hydrogen-bond donors (Lipinski definition) is 2. The Morgan fingerprint density at radius 2 is 1.11 bits per heavy atom. The second-order valence-corrected chi connectivity index (χ2v) is 8.51. The second-order valence-electron chi connectivity index (χ2n) is 5.87. The number of carbonyl (C=O) groups is 2. The molecule has 0 spiro atoms. The molecule has 6 nitrogen and oxygen atoms in total. The molecule has 0 bridgehead atoms. The van der Waals surface area contributed by atoms with Gasteiger partial charge in [0.1, 0.15) is 0 Å². The number of thiophene rings is 2. The van der Waals surface area contributed by atoms with Crippen molar-refractivity contribution >= 4 is 46.9 Å². The average molecular weight is 411 g/mol. The summed E-state index contributed by atoms with van der Waals surface area (Å²) in [6.07, 6.45) is 3.20. The van der Waals surface area contributed by atoms with Crippen LogP contribution in [0.15, 0.2) is 58.7 Å². The Morgan fingerprint density at radius 1 is 0.714 bits per heavy atom. The van der Waals surface area contributed by atoms with Crippen LogP contribution < -0.4 is 10.9 Å². The van der Waals surface area contributed by atoms with E-state index in [4.69, 9.17) is 0 Å². The highest BCUT2D eigenvalue weighted by Crippen LogP contribution is 2.13. The first-order valence-electron chi connectivity index (χ1n) is 8.41. The quantitative estimate of drug-likeness (QED) is 0.476. The number of rotatable bonds is 6. The van der Waals surface area contributed by atoms with Gasteiger partial charge in [-0.2, -0.15) is 10.2 Å². The van der Waals surface area contributed by atoms with Crippen molar-refractivity contribution < 1.29 is 9.59 Å². The lowest BCUT2D eigenvalue weighted by molar-refractivity contribution is 0.0943. The zero-order valence-electron chi connectivity index (χ0n) is 15.3. The molecule has 0 aliphatic rings. The fraction of sp³-hybridized carbons (Fsp3) is 0.100. The monoisotopic (exact) mass is 410 g/mol. The van der Waals surface area contributed by atoms with Gasteiger partial charge in [0.2, 0.25) is 0 Å². The molecule has 0 aliphatic carbocycles. The van der Waals surface area contributed by atoms with E-state index in [1.807, 2.05) is 38.1 Å². The summed E-state index contributed by atoms with van der Waals surface area (Å²) in [5.74, 6) is -0.690. The summed E-state index contributed by atoms with van der Waals surface area (Å²) < 4.78 is 0. The fourth-order valence-electron chi connectivity index (χ4n) is 2.26. The molecule has 2 N–H and O–H groups in total. The minimum Gasteiger partial charge on any atom is -0.267 e. The van der Waals surface area contributed by atoms with Crippen molar-refractivity contribution in [3.05, 3.63) is 79.2 Å². The van der Waals surface area contributed by atoms with Crippen molar-refractivity contribution in [1.29, 1.82) is 0 Å². The van der Waals surface area contributed by atoms with Crippen molar-refractivity contribution in [2.24, 2.45) is 10.2 Å². The summed E-state index contributed by atoms with van der Waals surface area (Å²) in [6.45, 7) is 4.01. The summed E-state index contributed by atoms with van der Waals surface area (Å²) >= 11 is 3.18. The Kier molecular flexibility index (Phi) is 6.46. The Bertz CT molecular complexity index is 949. The third-order valence-corrected chi connectivity index (χ3v) is 5.52. The fourth-order valence-corrected chi connectivity index (χ4v) is 3.76. The highest BCUT2D eigenvalue weighted by Gasteiger charge is 2.08. The summed E-state index contributed by atoms with van der Waals surface area (Å²) in [7, 11) is 0. The molecule has 2 heterocycles. The molecule has 0 fully saturated rings. The molecular weight excluding hydrogens is 392 g/mol. The lowest BCUT2D eigenvalue weighted by Crippen LogP contribution is -2.19. The van der Waals surface area contributed by atoms with Gasteiger partial charge in [0.05, 0.1) is 12.4 Å². The van der Waals surface area contributed by atoms with E-state index >= 15 is 0 Å². The molecule has 0 aliphatic heterocycles. The predicted molar refractivity (Wildman–Crippen MR) is 115 cm³/mol. The molecule has 3 rings (SSSR count). The zero-order valence-corrected chi connectivity index (χ0v) is 16.9. The number of benzene rings is 1. The van der Waals surface area contributed by atoms with Crippen LogP contribution in [0.2, 0.25) is 0 Å². The van der Waals surface area contributed by atoms with Crippen LogP contribution in [0, 0.1) is 13.8 Å². The van der Waals surface area contributed by atoms with Crippen LogP contribution in [0.25, 0.3) is 0 Å². The maximum atomic E-state index is 12.1. The van der Waals surface area contributed by atoms with Gasteiger partial charge in [-0.25, -0.2) is 10.9 Å². The van der Waals surface area contributed by atoms with Gasteiger partial charge in [0.15, 0.2) is 0 Å². The average Bonchev–Trinajstić information content (AvgIpc) is 3.29. The molecule has 0 unspecified atom stereocenters. The van der Waals surface area contributed by atoms with E-state index < -0.39 is 0 Å². The molecule has 28 heavy (non-hydrogen) atoms. The van der Waals surface area contributed by atoms with Crippen LogP contribution in [-0.4, -0.2) is 24.2 Å². The molecule has 2 aromatic heterocycles. The van der Waals surface area contributed by atoms with Crippen molar-refractivity contribution in [1.82, 2.24) is 10.9 Å². The number of hydrazone groups is 2.